The van der Waals surface area contributed by atoms with Crippen LogP contribution in [-0.4, -0.2) is 58.4 Å². The number of hydrogen-bond acceptors (Lipinski definition) is 3. The van der Waals surface area contributed by atoms with E-state index in [1.54, 1.807) is 6.20 Å². The summed E-state index contributed by atoms with van der Waals surface area (Å²) in [5, 5.41) is 0. The third kappa shape index (κ3) is 4.30. The Labute approximate surface area is 173 Å². The maximum Gasteiger partial charge on any atom is 0.271 e. The largest absolute Gasteiger partial charge is 0.338 e. The molecule has 1 aromatic heterocycles. The van der Waals surface area contributed by atoms with Gasteiger partial charge in [-0.3, -0.25) is 9.69 Å². The number of nitrogens with zero attached hydrogens (tertiary/aromatic N) is 3. The number of rotatable bonds is 6. The highest BCUT2D eigenvalue weighted by atomic mass is 16.2. The van der Waals surface area contributed by atoms with Gasteiger partial charge in [0.1, 0.15) is 11.5 Å². The molecule has 2 saturated heterocycles. The van der Waals surface area contributed by atoms with Crippen molar-refractivity contribution < 1.29 is 4.79 Å². The molecule has 0 aliphatic carbocycles. The standard InChI is InChI=1S/C24H32N4O/c1-18(2)10-12-27-14-21-15-28(23(29)22-13-25-19(3)26-22)17-24(21,16-27)11-9-20-7-5-4-6-8-20/h4-8,10,13,21H,9,11-12,14-17H2,1-3H3,(H,25,26)/t21-,24+/m0/s1. The molecule has 1 amide bonds. The molecule has 0 unspecified atom stereocenters. The molecule has 1 N–H and O–H groups in total. The number of allylic oxidation sites excluding steroid dienone is 1. The monoisotopic (exact) mass is 392 g/mol. The van der Waals surface area contributed by atoms with Crippen molar-refractivity contribution in [2.45, 2.75) is 33.6 Å². The van der Waals surface area contributed by atoms with Crippen LogP contribution in [0.25, 0.3) is 0 Å². The zero-order valence-electron chi connectivity index (χ0n) is 17.8. The van der Waals surface area contributed by atoms with Gasteiger partial charge in [-0.1, -0.05) is 42.0 Å². The van der Waals surface area contributed by atoms with Crippen LogP contribution < -0.4 is 0 Å². The predicted octanol–water partition coefficient (Wildman–Crippen LogP) is 3.69. The molecule has 1 aromatic carbocycles. The van der Waals surface area contributed by atoms with E-state index in [0.29, 0.717) is 11.6 Å². The molecule has 29 heavy (non-hydrogen) atoms. The Morgan fingerprint density at radius 2 is 2.03 bits per heavy atom. The predicted molar refractivity (Wildman–Crippen MR) is 116 cm³/mol. The molecule has 2 fully saturated rings. The Kier molecular flexibility index (Phi) is 5.59. The molecule has 2 aliphatic heterocycles. The van der Waals surface area contributed by atoms with Crippen LogP contribution >= 0.6 is 0 Å². The first-order valence-corrected chi connectivity index (χ1v) is 10.7. The van der Waals surface area contributed by atoms with Crippen LogP contribution in [0.3, 0.4) is 0 Å². The molecule has 0 radical (unpaired) electrons. The van der Waals surface area contributed by atoms with Crippen molar-refractivity contribution in [1.82, 2.24) is 19.8 Å². The van der Waals surface area contributed by atoms with Gasteiger partial charge in [0, 0.05) is 38.1 Å². The number of aryl methyl sites for hydroxylation is 2. The number of carbonyl (C=O) groups excluding carboxylic acids is 1. The van der Waals surface area contributed by atoms with Crippen molar-refractivity contribution in [1.29, 1.82) is 0 Å². The summed E-state index contributed by atoms with van der Waals surface area (Å²) in [6.45, 7) is 11.1. The molecule has 4 rings (SSSR count). The minimum absolute atomic E-state index is 0.0925. The normalized spacial score (nSPS) is 24.0. The molecule has 0 bridgehead atoms. The fraction of sp³-hybridized carbons (Fsp3) is 0.500. The molecule has 3 heterocycles. The number of aromatic amines is 1. The Morgan fingerprint density at radius 1 is 1.24 bits per heavy atom. The average Bonchev–Trinajstić information content (AvgIpc) is 3.37. The number of carbonyl (C=O) groups is 1. The van der Waals surface area contributed by atoms with Gasteiger partial charge < -0.3 is 9.88 Å². The van der Waals surface area contributed by atoms with Crippen LogP contribution in [0.5, 0.6) is 0 Å². The van der Waals surface area contributed by atoms with Crippen LogP contribution in [0.2, 0.25) is 0 Å². The maximum absolute atomic E-state index is 13.0. The summed E-state index contributed by atoms with van der Waals surface area (Å²) in [6, 6.07) is 10.7. The highest BCUT2D eigenvalue weighted by molar-refractivity contribution is 5.92. The molecule has 2 aliphatic rings. The third-order valence-electron chi connectivity index (χ3n) is 6.56. The molecular formula is C24H32N4O. The quantitative estimate of drug-likeness (QED) is 0.763. The molecule has 0 saturated carbocycles. The van der Waals surface area contributed by atoms with Gasteiger partial charge in [0.05, 0.1) is 6.20 Å². The van der Waals surface area contributed by atoms with Crippen molar-refractivity contribution in [3.63, 3.8) is 0 Å². The van der Waals surface area contributed by atoms with Crippen LogP contribution in [0.1, 0.15) is 42.1 Å². The molecular weight excluding hydrogens is 360 g/mol. The summed E-state index contributed by atoms with van der Waals surface area (Å²) in [4.78, 5) is 25.0. The lowest BCUT2D eigenvalue weighted by Crippen LogP contribution is -2.37. The van der Waals surface area contributed by atoms with Gasteiger partial charge in [-0.2, -0.15) is 0 Å². The zero-order valence-corrected chi connectivity index (χ0v) is 17.8. The van der Waals surface area contributed by atoms with Crippen molar-refractivity contribution in [3.8, 4) is 0 Å². The van der Waals surface area contributed by atoms with Crippen LogP contribution in [0.4, 0.5) is 0 Å². The van der Waals surface area contributed by atoms with Crippen molar-refractivity contribution in [2.75, 3.05) is 32.7 Å². The third-order valence-corrected chi connectivity index (χ3v) is 6.56. The first kappa shape index (κ1) is 19.9. The number of benzene rings is 1. The van der Waals surface area contributed by atoms with E-state index in [0.717, 1.165) is 51.4 Å². The van der Waals surface area contributed by atoms with E-state index in [1.807, 2.05) is 6.92 Å². The first-order chi connectivity index (χ1) is 13.9. The van der Waals surface area contributed by atoms with Crippen molar-refractivity contribution in [2.24, 2.45) is 11.3 Å². The van der Waals surface area contributed by atoms with Gasteiger partial charge >= 0.3 is 0 Å². The van der Waals surface area contributed by atoms with E-state index in [1.165, 1.54) is 11.1 Å². The van der Waals surface area contributed by atoms with Crippen molar-refractivity contribution >= 4 is 5.91 Å². The van der Waals surface area contributed by atoms with Gasteiger partial charge in [0.25, 0.3) is 5.91 Å². The number of fused-ring (bicyclic) bond motifs is 1. The summed E-state index contributed by atoms with van der Waals surface area (Å²) in [7, 11) is 0. The zero-order chi connectivity index (χ0) is 20.4. The number of nitrogens with one attached hydrogen (secondary N) is 1. The van der Waals surface area contributed by atoms with E-state index in [9.17, 15) is 4.79 Å². The smallest absolute Gasteiger partial charge is 0.271 e. The van der Waals surface area contributed by atoms with Gasteiger partial charge in [-0.25, -0.2) is 4.98 Å². The van der Waals surface area contributed by atoms with Gasteiger partial charge in [0.15, 0.2) is 0 Å². The summed E-state index contributed by atoms with van der Waals surface area (Å²) >= 11 is 0. The Balaban J connectivity index is 1.50. The number of hydrogen-bond donors (Lipinski definition) is 1. The lowest BCUT2D eigenvalue weighted by molar-refractivity contribution is 0.0753. The summed E-state index contributed by atoms with van der Waals surface area (Å²) in [5.41, 5.74) is 3.54. The molecule has 5 heteroatoms. The number of imidazole rings is 1. The van der Waals surface area contributed by atoms with Crippen LogP contribution in [0, 0.1) is 18.3 Å². The van der Waals surface area contributed by atoms with Crippen molar-refractivity contribution in [3.05, 3.63) is 65.3 Å². The molecule has 2 atom stereocenters. The fourth-order valence-corrected chi connectivity index (χ4v) is 4.99. The summed E-state index contributed by atoms with van der Waals surface area (Å²) < 4.78 is 0. The molecule has 2 aromatic rings. The lowest BCUT2D eigenvalue weighted by atomic mass is 9.76. The Hall–Kier alpha value is -2.40. The van der Waals surface area contributed by atoms with E-state index < -0.39 is 0 Å². The number of aromatic nitrogens is 2. The molecule has 5 nitrogen and oxygen atoms in total. The van der Waals surface area contributed by atoms with Gasteiger partial charge in [0.2, 0.25) is 0 Å². The average molecular weight is 393 g/mol. The highest BCUT2D eigenvalue weighted by Gasteiger charge is 2.52. The lowest BCUT2D eigenvalue weighted by Gasteiger charge is -2.29. The SMILES string of the molecule is CC(C)=CCN1C[C@H]2CN(C(=O)c3cnc(C)[nH]3)C[C@@]2(CCc2ccccc2)C1. The maximum atomic E-state index is 13.0. The van der Waals surface area contributed by atoms with Crippen LogP contribution in [0.15, 0.2) is 48.2 Å². The Morgan fingerprint density at radius 3 is 2.72 bits per heavy atom. The second kappa shape index (κ2) is 8.15. The van der Waals surface area contributed by atoms with Crippen LogP contribution in [-0.2, 0) is 6.42 Å². The van der Waals surface area contributed by atoms with Gasteiger partial charge in [-0.05, 0) is 45.1 Å². The number of likely N-dealkylation sites (tertiary alicyclic amines) is 2. The molecule has 0 spiro atoms. The minimum Gasteiger partial charge on any atom is -0.338 e. The number of H-pyrrole nitrogens is 1. The fourth-order valence-electron chi connectivity index (χ4n) is 4.99. The minimum atomic E-state index is 0.0925. The highest BCUT2D eigenvalue weighted by Crippen LogP contribution is 2.46. The summed E-state index contributed by atoms with van der Waals surface area (Å²) in [6.07, 6.45) is 6.18. The first-order valence-electron chi connectivity index (χ1n) is 10.7. The van der Waals surface area contributed by atoms with Gasteiger partial charge in [-0.15, -0.1) is 0 Å². The van der Waals surface area contributed by atoms with E-state index in [-0.39, 0.29) is 11.3 Å². The van der Waals surface area contributed by atoms with E-state index in [2.05, 4.69) is 70.0 Å². The topological polar surface area (TPSA) is 52.2 Å². The summed E-state index contributed by atoms with van der Waals surface area (Å²) in [5.74, 6) is 1.42. The van der Waals surface area contributed by atoms with E-state index >= 15 is 0 Å². The second-order valence-electron chi connectivity index (χ2n) is 9.09. The Bertz CT molecular complexity index is 883. The number of amides is 1. The molecule has 154 valence electrons. The second-order valence-corrected chi connectivity index (χ2v) is 9.09. The van der Waals surface area contributed by atoms with E-state index in [4.69, 9.17) is 0 Å².